The lowest BCUT2D eigenvalue weighted by Gasteiger charge is -2.10. The number of hydrogen-bond donors (Lipinski definition) is 0. The van der Waals surface area contributed by atoms with E-state index in [1.807, 2.05) is 95.8 Å². The average molecular weight is 805 g/mol. The Labute approximate surface area is 337 Å². The summed E-state index contributed by atoms with van der Waals surface area (Å²) in [7, 11) is 0. The first-order chi connectivity index (χ1) is 25.7. The summed E-state index contributed by atoms with van der Waals surface area (Å²) in [6.45, 7) is 4.60. The number of aromatic nitrogens is 4. The van der Waals surface area contributed by atoms with Gasteiger partial charge in [-0.05, 0) is 60.7 Å². The number of hydrogen-bond acceptors (Lipinski definition) is 10. The molecule has 2 aliphatic rings. The average Bonchev–Trinajstić information content (AvgIpc) is 3.79. The first-order valence-corrected chi connectivity index (χ1v) is 24.6. The summed E-state index contributed by atoms with van der Waals surface area (Å²) in [5, 5.41) is 0. The molecule has 0 bridgehead atoms. The number of pyridine rings is 2. The van der Waals surface area contributed by atoms with E-state index in [0.29, 0.717) is 0 Å². The van der Waals surface area contributed by atoms with Crippen LogP contribution >= 0.6 is 70.6 Å². The molecule has 0 amide bonds. The quantitative estimate of drug-likeness (QED) is 0.0718. The lowest BCUT2D eigenvalue weighted by molar-refractivity contribution is 0.586. The van der Waals surface area contributed by atoms with Crippen molar-refractivity contribution in [1.29, 1.82) is 0 Å². The van der Waals surface area contributed by atoms with E-state index >= 15 is 0 Å². The van der Waals surface area contributed by atoms with Crippen LogP contribution in [-0.2, 0) is 0 Å². The molecule has 0 spiro atoms. The monoisotopic (exact) mass is 804 g/mol. The molecule has 4 nitrogen and oxygen atoms in total. The summed E-state index contributed by atoms with van der Waals surface area (Å²) in [5.41, 5.74) is 4.94. The zero-order chi connectivity index (χ0) is 35.8. The van der Waals surface area contributed by atoms with Crippen molar-refractivity contribution in [3.05, 3.63) is 77.9 Å². The van der Waals surface area contributed by atoms with Crippen LogP contribution in [0.5, 0.6) is 0 Å². The smallest absolute Gasteiger partial charge is 0.117 e. The first kappa shape index (κ1) is 40.1. The number of fused-ring (bicyclic) bond motifs is 2. The molecule has 0 atom stereocenters. The molecule has 10 heteroatoms. The topological polar surface area (TPSA) is 51.6 Å². The molecule has 0 saturated carbocycles. The van der Waals surface area contributed by atoms with Gasteiger partial charge in [-0.25, -0.2) is 9.97 Å². The van der Waals surface area contributed by atoms with Crippen LogP contribution in [0.25, 0.3) is 33.8 Å². The van der Waals surface area contributed by atoms with Gasteiger partial charge in [0.25, 0.3) is 0 Å². The highest BCUT2D eigenvalue weighted by molar-refractivity contribution is 8.42. The summed E-state index contributed by atoms with van der Waals surface area (Å²) < 4.78 is 5.90. The SMILES string of the molecule is CCCCCCCCCCSC1=C(SCCCCCCCCCC)SC(=C2Sc3cc4nc(-c5ccccn5)c(-c5ccccn5)nc4cc3S2)S1. The highest BCUT2D eigenvalue weighted by atomic mass is 32.3. The normalized spacial score (nSPS) is 14.3. The molecule has 3 aromatic heterocycles. The van der Waals surface area contributed by atoms with E-state index < -0.39 is 0 Å². The maximum absolute atomic E-state index is 5.16. The highest BCUT2D eigenvalue weighted by Gasteiger charge is 2.30. The first-order valence-electron chi connectivity index (χ1n) is 19.4. The Morgan fingerprint density at radius 1 is 0.481 bits per heavy atom. The fraction of sp³-hybridized carbons (Fsp3) is 0.476. The molecule has 0 N–H and O–H groups in total. The van der Waals surface area contributed by atoms with E-state index in [1.54, 1.807) is 0 Å². The van der Waals surface area contributed by atoms with Crippen molar-refractivity contribution >= 4 is 81.6 Å². The van der Waals surface area contributed by atoms with Crippen LogP contribution in [0.15, 0.2) is 87.7 Å². The van der Waals surface area contributed by atoms with Crippen LogP contribution in [0.2, 0.25) is 0 Å². The van der Waals surface area contributed by atoms with Gasteiger partial charge < -0.3 is 0 Å². The van der Waals surface area contributed by atoms with Gasteiger partial charge in [-0.1, -0.05) is 163 Å². The summed E-state index contributed by atoms with van der Waals surface area (Å²) in [6, 6.07) is 16.3. The zero-order valence-electron chi connectivity index (χ0n) is 30.7. The fourth-order valence-corrected chi connectivity index (χ4v) is 15.0. The summed E-state index contributed by atoms with van der Waals surface area (Å²) in [6.07, 6.45) is 25.6. The van der Waals surface area contributed by atoms with Crippen LogP contribution in [0.4, 0.5) is 0 Å². The molecule has 2 aliphatic heterocycles. The minimum absolute atomic E-state index is 0.767. The van der Waals surface area contributed by atoms with Gasteiger partial charge in [-0.2, -0.15) is 0 Å². The van der Waals surface area contributed by atoms with Crippen molar-refractivity contribution < 1.29 is 0 Å². The van der Waals surface area contributed by atoms with Crippen molar-refractivity contribution in [3.63, 3.8) is 0 Å². The maximum Gasteiger partial charge on any atom is 0.117 e. The molecule has 5 heterocycles. The van der Waals surface area contributed by atoms with Gasteiger partial charge in [-0.15, -0.1) is 23.5 Å². The molecule has 4 aromatic rings. The predicted octanol–water partition coefficient (Wildman–Crippen LogP) is 15.4. The Morgan fingerprint density at radius 2 is 0.885 bits per heavy atom. The molecule has 0 unspecified atom stereocenters. The summed E-state index contributed by atoms with van der Waals surface area (Å²) >= 11 is 12.1. The van der Waals surface area contributed by atoms with Gasteiger partial charge >= 0.3 is 0 Å². The number of rotatable bonds is 22. The third-order valence-electron chi connectivity index (χ3n) is 9.12. The third-order valence-corrected chi connectivity index (χ3v) is 17.9. The second-order valence-electron chi connectivity index (χ2n) is 13.3. The van der Waals surface area contributed by atoms with E-state index in [-0.39, 0.29) is 0 Å². The van der Waals surface area contributed by atoms with Crippen LogP contribution in [0.1, 0.15) is 117 Å². The van der Waals surface area contributed by atoms with Gasteiger partial charge in [0, 0.05) is 22.2 Å². The number of nitrogens with zero attached hydrogens (tertiary/aromatic N) is 4. The molecule has 6 rings (SSSR count). The van der Waals surface area contributed by atoms with Crippen molar-refractivity contribution in [3.8, 4) is 22.8 Å². The Hall–Kier alpha value is -1.56. The molecular formula is C42H52N4S6. The van der Waals surface area contributed by atoms with Crippen molar-refractivity contribution in [2.45, 2.75) is 126 Å². The molecule has 276 valence electrons. The molecule has 0 fully saturated rings. The van der Waals surface area contributed by atoms with Crippen LogP contribution < -0.4 is 0 Å². The molecular weight excluding hydrogens is 753 g/mol. The Bertz CT molecular complexity index is 1650. The van der Waals surface area contributed by atoms with E-state index in [0.717, 1.165) is 33.8 Å². The van der Waals surface area contributed by atoms with Crippen LogP contribution in [-0.4, -0.2) is 31.4 Å². The molecule has 0 saturated heterocycles. The third kappa shape index (κ3) is 11.7. The Morgan fingerprint density at radius 3 is 1.29 bits per heavy atom. The lowest BCUT2D eigenvalue weighted by atomic mass is 10.1. The zero-order valence-corrected chi connectivity index (χ0v) is 35.6. The Balaban J connectivity index is 1.13. The summed E-state index contributed by atoms with van der Waals surface area (Å²) in [4.78, 5) is 22.1. The van der Waals surface area contributed by atoms with Crippen molar-refractivity contribution in [2.75, 3.05) is 11.5 Å². The van der Waals surface area contributed by atoms with E-state index in [1.165, 1.54) is 141 Å². The van der Waals surface area contributed by atoms with E-state index in [2.05, 4.69) is 59.5 Å². The number of benzene rings is 1. The highest BCUT2D eigenvalue weighted by Crippen LogP contribution is 2.64. The summed E-state index contributed by atoms with van der Waals surface area (Å²) in [5.74, 6) is 2.45. The van der Waals surface area contributed by atoms with Gasteiger partial charge in [0.1, 0.15) is 11.4 Å². The van der Waals surface area contributed by atoms with Gasteiger partial charge in [0.15, 0.2) is 0 Å². The van der Waals surface area contributed by atoms with Crippen LogP contribution in [0.3, 0.4) is 0 Å². The van der Waals surface area contributed by atoms with Gasteiger partial charge in [-0.3, -0.25) is 9.97 Å². The lowest BCUT2D eigenvalue weighted by Crippen LogP contribution is -1.98. The number of thioether (sulfide) groups is 6. The largest absolute Gasteiger partial charge is 0.255 e. The second kappa shape index (κ2) is 22.1. The molecule has 1 aromatic carbocycles. The van der Waals surface area contributed by atoms with Gasteiger partial charge in [0.05, 0.1) is 39.4 Å². The predicted molar refractivity (Wildman–Crippen MR) is 237 cm³/mol. The fourth-order valence-electron chi connectivity index (χ4n) is 6.22. The molecule has 52 heavy (non-hydrogen) atoms. The Kier molecular flexibility index (Phi) is 17.1. The number of unbranched alkanes of at least 4 members (excludes halogenated alkanes) is 14. The maximum atomic E-state index is 5.16. The standard InChI is InChI=1S/C42H52N4S6/c1-3-5-7-9-11-13-15-21-27-47-39-40(48-28-22-16-14-12-10-8-6-4-2)52-42(51-39)41-49-35-29-33-34(30-36(35)50-41)46-38(32-24-18-20-26-44-32)37(45-33)31-23-17-19-25-43-31/h17-20,23-26,29-30H,3-16,21-22,27-28H2,1-2H3. The second-order valence-corrected chi connectivity index (χ2v) is 20.7. The minimum Gasteiger partial charge on any atom is -0.255 e. The van der Waals surface area contributed by atoms with E-state index in [9.17, 15) is 0 Å². The van der Waals surface area contributed by atoms with Crippen molar-refractivity contribution in [1.82, 2.24) is 19.9 Å². The van der Waals surface area contributed by atoms with E-state index in [4.69, 9.17) is 9.97 Å². The molecule has 0 radical (unpaired) electrons. The van der Waals surface area contributed by atoms with Gasteiger partial charge in [0.2, 0.25) is 0 Å². The van der Waals surface area contributed by atoms with Crippen LogP contribution in [0, 0.1) is 0 Å². The minimum atomic E-state index is 0.767. The molecule has 0 aliphatic carbocycles. The van der Waals surface area contributed by atoms with Crippen molar-refractivity contribution in [2.24, 2.45) is 0 Å².